The summed E-state index contributed by atoms with van der Waals surface area (Å²) in [6.45, 7) is 5.70. The van der Waals surface area contributed by atoms with Crippen molar-refractivity contribution in [1.82, 2.24) is 14.5 Å². The zero-order valence-corrected chi connectivity index (χ0v) is 17.2. The number of hydrogen-bond donors (Lipinski definition) is 1. The number of benzene rings is 1. The lowest BCUT2D eigenvalue weighted by molar-refractivity contribution is 0.199. The number of aryl methyl sites for hydroxylation is 3. The number of hydrogen-bond acceptors (Lipinski definition) is 5. The molecule has 3 aromatic rings. The van der Waals surface area contributed by atoms with Crippen LogP contribution in [0.15, 0.2) is 35.2 Å². The van der Waals surface area contributed by atoms with Crippen LogP contribution in [-0.4, -0.2) is 34.0 Å². The minimum absolute atomic E-state index is 0.519. The van der Waals surface area contributed by atoms with Gasteiger partial charge in [-0.2, -0.15) is 0 Å². The molecule has 0 bridgehead atoms. The summed E-state index contributed by atoms with van der Waals surface area (Å²) in [7, 11) is 1.72. The average Bonchev–Trinajstić information content (AvgIpc) is 3.04. The van der Waals surface area contributed by atoms with Crippen LogP contribution in [0.2, 0.25) is 0 Å². The Labute approximate surface area is 165 Å². The molecule has 5 nitrogen and oxygen atoms in total. The van der Waals surface area contributed by atoms with Crippen molar-refractivity contribution in [2.45, 2.75) is 44.6 Å². The fraction of sp³-hybridized carbons (Fsp3) is 0.429. The highest BCUT2D eigenvalue weighted by Crippen LogP contribution is 2.27. The summed E-state index contributed by atoms with van der Waals surface area (Å²) in [5.74, 6) is 2.67. The molecule has 27 heavy (non-hydrogen) atoms. The standard InChI is InChI=1S/C21H28N4OS/c1-15-16(2)23-21(22)19-20(15)25(18(24-19)11-13-26-3)12-7-8-14-27-17-9-5-4-6-10-17/h4-6,9-10H,7-8,11-14H2,1-3H3,(H2,22,23). The van der Waals surface area contributed by atoms with Crippen LogP contribution < -0.4 is 5.73 Å². The van der Waals surface area contributed by atoms with Crippen LogP contribution in [0.1, 0.15) is 29.9 Å². The van der Waals surface area contributed by atoms with E-state index in [1.165, 1.54) is 4.90 Å². The van der Waals surface area contributed by atoms with Gasteiger partial charge in [0.25, 0.3) is 0 Å². The Morgan fingerprint density at radius 1 is 1.11 bits per heavy atom. The van der Waals surface area contributed by atoms with E-state index in [1.807, 2.05) is 18.7 Å². The number of methoxy groups -OCH3 is 1. The molecule has 1 aromatic carbocycles. The van der Waals surface area contributed by atoms with Gasteiger partial charge in [-0.3, -0.25) is 0 Å². The monoisotopic (exact) mass is 384 g/mol. The maximum Gasteiger partial charge on any atom is 0.151 e. The number of pyridine rings is 1. The van der Waals surface area contributed by atoms with Gasteiger partial charge >= 0.3 is 0 Å². The summed E-state index contributed by atoms with van der Waals surface area (Å²) >= 11 is 1.91. The van der Waals surface area contributed by atoms with Gasteiger partial charge in [0, 0.05) is 30.7 Å². The fourth-order valence-corrected chi connectivity index (χ4v) is 4.18. The van der Waals surface area contributed by atoms with E-state index in [9.17, 15) is 0 Å². The van der Waals surface area contributed by atoms with Crippen LogP contribution in [0.25, 0.3) is 11.0 Å². The van der Waals surface area contributed by atoms with Crippen molar-refractivity contribution in [3.8, 4) is 0 Å². The fourth-order valence-electron chi connectivity index (χ4n) is 3.25. The van der Waals surface area contributed by atoms with E-state index in [0.29, 0.717) is 12.4 Å². The molecule has 0 aliphatic heterocycles. The van der Waals surface area contributed by atoms with Gasteiger partial charge in [-0.15, -0.1) is 11.8 Å². The third-order valence-electron chi connectivity index (χ3n) is 4.79. The topological polar surface area (TPSA) is 66.0 Å². The maximum absolute atomic E-state index is 6.16. The lowest BCUT2D eigenvalue weighted by Gasteiger charge is -2.12. The van der Waals surface area contributed by atoms with Gasteiger partial charge in [-0.25, -0.2) is 9.97 Å². The third kappa shape index (κ3) is 4.62. The molecule has 6 heteroatoms. The Morgan fingerprint density at radius 2 is 1.89 bits per heavy atom. The first-order valence-electron chi connectivity index (χ1n) is 9.40. The van der Waals surface area contributed by atoms with Crippen molar-refractivity contribution in [2.75, 3.05) is 25.2 Å². The summed E-state index contributed by atoms with van der Waals surface area (Å²) in [5, 5.41) is 0. The second-order valence-corrected chi connectivity index (χ2v) is 7.86. The van der Waals surface area contributed by atoms with Gasteiger partial charge in [0.2, 0.25) is 0 Å². The Hall–Kier alpha value is -2.05. The molecule has 0 radical (unpaired) electrons. The SMILES string of the molecule is COCCc1nc2c(N)nc(C)c(C)c2n1CCCCSc1ccccc1. The molecule has 3 rings (SSSR count). The van der Waals surface area contributed by atoms with Gasteiger partial charge in [0.1, 0.15) is 11.3 Å². The first kappa shape index (κ1) is 19.7. The van der Waals surface area contributed by atoms with E-state index in [0.717, 1.165) is 59.7 Å². The summed E-state index contributed by atoms with van der Waals surface area (Å²) in [6, 6.07) is 10.6. The Bertz CT molecular complexity index is 892. The molecule has 0 unspecified atom stereocenters. The van der Waals surface area contributed by atoms with Crippen LogP contribution in [0.3, 0.4) is 0 Å². The molecule has 2 N–H and O–H groups in total. The van der Waals surface area contributed by atoms with Crippen molar-refractivity contribution in [3.05, 3.63) is 47.4 Å². The van der Waals surface area contributed by atoms with Crippen LogP contribution in [0.4, 0.5) is 5.82 Å². The number of ether oxygens (including phenoxy) is 1. The van der Waals surface area contributed by atoms with Crippen molar-refractivity contribution in [2.24, 2.45) is 0 Å². The lowest BCUT2D eigenvalue weighted by Crippen LogP contribution is -2.08. The second kappa shape index (κ2) is 9.24. The van der Waals surface area contributed by atoms with Gasteiger partial charge in [0.15, 0.2) is 5.82 Å². The van der Waals surface area contributed by atoms with Gasteiger partial charge in [0.05, 0.1) is 12.1 Å². The number of nitrogens with zero attached hydrogens (tertiary/aromatic N) is 3. The number of nitrogen functional groups attached to an aromatic ring is 1. The summed E-state index contributed by atoms with van der Waals surface area (Å²) in [5.41, 5.74) is 10.2. The molecule has 144 valence electrons. The predicted molar refractivity (Wildman–Crippen MR) is 113 cm³/mol. The van der Waals surface area contributed by atoms with Gasteiger partial charge in [-0.05, 0) is 50.1 Å². The van der Waals surface area contributed by atoms with Crippen molar-refractivity contribution in [3.63, 3.8) is 0 Å². The Balaban J connectivity index is 1.73. The number of thioether (sulfide) groups is 1. The zero-order chi connectivity index (χ0) is 19.2. The largest absolute Gasteiger partial charge is 0.384 e. The number of rotatable bonds is 9. The highest BCUT2D eigenvalue weighted by atomic mass is 32.2. The number of nitrogens with two attached hydrogens (primary N) is 1. The first-order valence-corrected chi connectivity index (χ1v) is 10.4. The molecule has 0 amide bonds. The number of aromatic nitrogens is 3. The lowest BCUT2D eigenvalue weighted by atomic mass is 10.2. The number of anilines is 1. The highest BCUT2D eigenvalue weighted by molar-refractivity contribution is 7.99. The first-order chi connectivity index (χ1) is 13.1. The van der Waals surface area contributed by atoms with E-state index in [1.54, 1.807) is 7.11 Å². The Morgan fingerprint density at radius 3 is 2.63 bits per heavy atom. The number of fused-ring (bicyclic) bond motifs is 1. The highest BCUT2D eigenvalue weighted by Gasteiger charge is 2.17. The normalized spacial score (nSPS) is 11.4. The molecule has 0 atom stereocenters. The van der Waals surface area contributed by atoms with Crippen LogP contribution in [-0.2, 0) is 17.7 Å². The van der Waals surface area contributed by atoms with E-state index in [2.05, 4.69) is 46.8 Å². The van der Waals surface area contributed by atoms with Crippen molar-refractivity contribution in [1.29, 1.82) is 0 Å². The van der Waals surface area contributed by atoms with Crippen molar-refractivity contribution >= 4 is 28.6 Å². The molecule has 0 aliphatic rings. The predicted octanol–water partition coefficient (Wildman–Crippen LogP) is 4.39. The Kier molecular flexibility index (Phi) is 6.74. The van der Waals surface area contributed by atoms with E-state index in [4.69, 9.17) is 15.5 Å². The molecular formula is C21H28N4OS. The number of imidazole rings is 1. The smallest absolute Gasteiger partial charge is 0.151 e. The molecule has 0 saturated carbocycles. The molecule has 2 heterocycles. The zero-order valence-electron chi connectivity index (χ0n) is 16.4. The number of unbranched alkanes of at least 4 members (excludes halogenated alkanes) is 1. The van der Waals surface area contributed by atoms with E-state index >= 15 is 0 Å². The molecule has 0 aliphatic carbocycles. The molecule has 0 saturated heterocycles. The molecule has 2 aromatic heterocycles. The molecular weight excluding hydrogens is 356 g/mol. The summed E-state index contributed by atoms with van der Waals surface area (Å²) < 4.78 is 7.59. The van der Waals surface area contributed by atoms with E-state index < -0.39 is 0 Å². The average molecular weight is 385 g/mol. The van der Waals surface area contributed by atoms with E-state index in [-0.39, 0.29) is 0 Å². The molecule has 0 spiro atoms. The molecule has 0 fully saturated rings. The van der Waals surface area contributed by atoms with Gasteiger partial charge < -0.3 is 15.0 Å². The maximum atomic E-state index is 6.16. The van der Waals surface area contributed by atoms with Crippen LogP contribution in [0.5, 0.6) is 0 Å². The van der Waals surface area contributed by atoms with Crippen LogP contribution in [0, 0.1) is 13.8 Å². The minimum atomic E-state index is 0.519. The quantitative estimate of drug-likeness (QED) is 0.438. The van der Waals surface area contributed by atoms with Crippen molar-refractivity contribution < 1.29 is 4.74 Å². The van der Waals surface area contributed by atoms with Crippen LogP contribution >= 0.6 is 11.8 Å². The minimum Gasteiger partial charge on any atom is -0.384 e. The summed E-state index contributed by atoms with van der Waals surface area (Å²) in [4.78, 5) is 10.6. The van der Waals surface area contributed by atoms with Gasteiger partial charge in [-0.1, -0.05) is 18.2 Å². The third-order valence-corrected chi connectivity index (χ3v) is 5.89. The second-order valence-electron chi connectivity index (χ2n) is 6.70. The summed E-state index contributed by atoms with van der Waals surface area (Å²) in [6.07, 6.45) is 3.04.